The number of benzene rings is 1. The summed E-state index contributed by atoms with van der Waals surface area (Å²) in [6.07, 6.45) is -1.20. The van der Waals surface area contributed by atoms with E-state index >= 15 is 0 Å². The van der Waals surface area contributed by atoms with Crippen molar-refractivity contribution in [2.24, 2.45) is 0 Å². The van der Waals surface area contributed by atoms with Crippen LogP contribution in [0.25, 0.3) is 11.3 Å². The van der Waals surface area contributed by atoms with Crippen LogP contribution in [0.3, 0.4) is 0 Å². The lowest BCUT2D eigenvalue weighted by molar-refractivity contribution is 0.0600. The molecular formula is C14H12F2N2O4S. The number of carbonyl (C=O) groups is 1. The van der Waals surface area contributed by atoms with Crippen LogP contribution < -0.4 is 0 Å². The highest BCUT2D eigenvalue weighted by Gasteiger charge is 2.21. The third kappa shape index (κ3) is 3.67. The maximum Gasteiger partial charge on any atom is 0.337 e. The Hall–Kier alpha value is -2.42. The molecule has 0 aliphatic heterocycles. The highest BCUT2D eigenvalue weighted by molar-refractivity contribution is 7.90. The molecule has 2 rings (SSSR count). The van der Waals surface area contributed by atoms with Crippen molar-refractivity contribution in [3.05, 3.63) is 41.6 Å². The van der Waals surface area contributed by atoms with Crippen LogP contribution >= 0.6 is 0 Å². The van der Waals surface area contributed by atoms with Gasteiger partial charge in [-0.2, -0.15) is 0 Å². The number of rotatable bonds is 4. The summed E-state index contributed by atoms with van der Waals surface area (Å²) < 4.78 is 53.8. The molecule has 2 aromatic rings. The van der Waals surface area contributed by atoms with Crippen molar-refractivity contribution >= 4 is 15.8 Å². The number of methoxy groups -OCH3 is 1. The van der Waals surface area contributed by atoms with Crippen LogP contribution in [0.5, 0.6) is 0 Å². The molecule has 0 saturated carbocycles. The average molecular weight is 342 g/mol. The van der Waals surface area contributed by atoms with Crippen LogP contribution in [0, 0.1) is 0 Å². The van der Waals surface area contributed by atoms with E-state index < -0.39 is 33.0 Å². The summed E-state index contributed by atoms with van der Waals surface area (Å²) in [5, 5.41) is -0.547. The highest BCUT2D eigenvalue weighted by Crippen LogP contribution is 2.29. The molecule has 0 spiro atoms. The number of hydrogen-bond acceptors (Lipinski definition) is 6. The summed E-state index contributed by atoms with van der Waals surface area (Å²) in [5.74, 6) is -0.579. The maximum atomic E-state index is 13.1. The van der Waals surface area contributed by atoms with Crippen molar-refractivity contribution in [3.8, 4) is 11.3 Å². The van der Waals surface area contributed by atoms with Crippen LogP contribution in [0.2, 0.25) is 0 Å². The minimum absolute atomic E-state index is 0.202. The first kappa shape index (κ1) is 16.9. The lowest BCUT2D eigenvalue weighted by Gasteiger charge is -2.09. The normalized spacial score (nSPS) is 11.5. The first-order chi connectivity index (χ1) is 10.7. The fourth-order valence-corrected chi connectivity index (χ4v) is 2.33. The van der Waals surface area contributed by atoms with E-state index in [2.05, 4.69) is 14.7 Å². The molecule has 23 heavy (non-hydrogen) atoms. The van der Waals surface area contributed by atoms with E-state index in [1.807, 2.05) is 0 Å². The van der Waals surface area contributed by atoms with Crippen LogP contribution in [0.15, 0.2) is 35.6 Å². The zero-order valence-electron chi connectivity index (χ0n) is 12.2. The van der Waals surface area contributed by atoms with Crippen LogP contribution in [0.1, 0.15) is 22.3 Å². The zero-order chi connectivity index (χ0) is 17.2. The van der Waals surface area contributed by atoms with Gasteiger partial charge in [0.15, 0.2) is 0 Å². The molecule has 0 bridgehead atoms. The standard InChI is InChI=1S/C14H12F2N2O4S/c1-22-13(19)9-5-3-8(4-6-9)11-10(12(15)16)7-17-14(18-11)23(2,20)21/h3-7,12H,1-2H3. The van der Waals surface area contributed by atoms with E-state index in [4.69, 9.17) is 0 Å². The molecule has 0 saturated heterocycles. The van der Waals surface area contributed by atoms with Crippen LogP contribution in [0.4, 0.5) is 8.78 Å². The van der Waals surface area contributed by atoms with Gasteiger partial charge in [-0.25, -0.2) is 32.0 Å². The van der Waals surface area contributed by atoms with Gasteiger partial charge in [0.05, 0.1) is 23.9 Å². The molecule has 1 aromatic carbocycles. The molecule has 0 fully saturated rings. The first-order valence-corrected chi connectivity index (χ1v) is 8.17. The van der Waals surface area contributed by atoms with Gasteiger partial charge < -0.3 is 4.74 Å². The molecule has 1 aromatic heterocycles. The molecule has 0 N–H and O–H groups in total. The molecule has 0 amide bonds. The number of esters is 1. The predicted molar refractivity (Wildman–Crippen MR) is 76.9 cm³/mol. The van der Waals surface area contributed by atoms with Gasteiger partial charge in [-0.15, -0.1) is 0 Å². The minimum atomic E-state index is -3.74. The van der Waals surface area contributed by atoms with Gasteiger partial charge in [-0.3, -0.25) is 0 Å². The van der Waals surface area contributed by atoms with Crippen molar-refractivity contribution in [2.45, 2.75) is 11.6 Å². The number of sulfone groups is 1. The molecule has 0 aliphatic rings. The fourth-order valence-electron chi connectivity index (χ4n) is 1.83. The Morgan fingerprint density at radius 3 is 2.30 bits per heavy atom. The Morgan fingerprint density at radius 1 is 1.22 bits per heavy atom. The van der Waals surface area contributed by atoms with Gasteiger partial charge in [0.1, 0.15) is 0 Å². The molecule has 0 radical (unpaired) electrons. The lowest BCUT2D eigenvalue weighted by Crippen LogP contribution is -2.07. The topological polar surface area (TPSA) is 86.2 Å². The van der Waals surface area contributed by atoms with Crippen molar-refractivity contribution in [1.29, 1.82) is 0 Å². The Labute approximate surface area is 131 Å². The summed E-state index contributed by atoms with van der Waals surface area (Å²) in [6.45, 7) is 0. The number of halogens is 2. The summed E-state index contributed by atoms with van der Waals surface area (Å²) in [5.41, 5.74) is -0.234. The summed E-state index contributed by atoms with van der Waals surface area (Å²) in [6, 6.07) is 5.51. The molecule has 0 atom stereocenters. The van der Waals surface area contributed by atoms with E-state index in [1.165, 1.54) is 31.4 Å². The van der Waals surface area contributed by atoms with Crippen LogP contribution in [-0.2, 0) is 14.6 Å². The Morgan fingerprint density at radius 2 is 1.83 bits per heavy atom. The SMILES string of the molecule is COC(=O)c1ccc(-c2nc(S(C)(=O)=O)ncc2C(F)F)cc1. The smallest absolute Gasteiger partial charge is 0.337 e. The van der Waals surface area contributed by atoms with E-state index in [0.717, 1.165) is 12.5 Å². The number of alkyl halides is 2. The van der Waals surface area contributed by atoms with Gasteiger partial charge in [0.2, 0.25) is 15.0 Å². The lowest BCUT2D eigenvalue weighted by atomic mass is 10.1. The predicted octanol–water partition coefficient (Wildman–Crippen LogP) is 2.27. The Kier molecular flexibility index (Phi) is 4.69. The fraction of sp³-hybridized carbons (Fsp3) is 0.214. The van der Waals surface area contributed by atoms with Gasteiger partial charge in [-0.05, 0) is 12.1 Å². The second-order valence-corrected chi connectivity index (χ2v) is 6.51. The summed E-state index contributed by atoms with van der Waals surface area (Å²) in [4.78, 5) is 18.6. The van der Waals surface area contributed by atoms with E-state index in [0.29, 0.717) is 0 Å². The molecule has 0 unspecified atom stereocenters. The molecule has 0 aliphatic carbocycles. The maximum absolute atomic E-state index is 13.1. The summed E-state index contributed by atoms with van der Waals surface area (Å²) in [7, 11) is -2.53. The van der Waals surface area contributed by atoms with Crippen molar-refractivity contribution < 1.29 is 26.7 Å². The Balaban J connectivity index is 2.58. The quantitative estimate of drug-likeness (QED) is 0.626. The number of carbonyl (C=O) groups excluding carboxylic acids is 1. The number of hydrogen-bond donors (Lipinski definition) is 0. The molecule has 1 heterocycles. The highest BCUT2D eigenvalue weighted by atomic mass is 32.2. The Bertz CT molecular complexity index is 836. The van der Waals surface area contributed by atoms with Gasteiger partial charge in [-0.1, -0.05) is 12.1 Å². The monoisotopic (exact) mass is 342 g/mol. The average Bonchev–Trinajstić information content (AvgIpc) is 2.52. The first-order valence-electron chi connectivity index (χ1n) is 6.28. The van der Waals surface area contributed by atoms with Crippen molar-refractivity contribution in [2.75, 3.05) is 13.4 Å². The van der Waals surface area contributed by atoms with E-state index in [9.17, 15) is 22.0 Å². The minimum Gasteiger partial charge on any atom is -0.465 e. The third-order valence-electron chi connectivity index (χ3n) is 2.94. The second-order valence-electron chi connectivity index (χ2n) is 4.60. The molecule has 122 valence electrons. The molecule has 9 heteroatoms. The summed E-state index contributed by atoms with van der Waals surface area (Å²) >= 11 is 0. The van der Waals surface area contributed by atoms with E-state index in [1.54, 1.807) is 0 Å². The van der Waals surface area contributed by atoms with Crippen LogP contribution in [-0.4, -0.2) is 37.7 Å². The molecule has 6 nitrogen and oxygen atoms in total. The van der Waals surface area contributed by atoms with Gasteiger partial charge in [0.25, 0.3) is 6.43 Å². The number of nitrogens with zero attached hydrogens (tertiary/aromatic N) is 2. The number of aromatic nitrogens is 2. The van der Waals surface area contributed by atoms with E-state index in [-0.39, 0.29) is 16.8 Å². The van der Waals surface area contributed by atoms with Gasteiger partial charge >= 0.3 is 5.97 Å². The molecular weight excluding hydrogens is 330 g/mol. The number of ether oxygens (including phenoxy) is 1. The van der Waals surface area contributed by atoms with Gasteiger partial charge in [0, 0.05) is 18.0 Å². The third-order valence-corrected chi connectivity index (χ3v) is 3.80. The van der Waals surface area contributed by atoms with Crippen molar-refractivity contribution in [1.82, 2.24) is 9.97 Å². The van der Waals surface area contributed by atoms with Crippen molar-refractivity contribution in [3.63, 3.8) is 0 Å². The zero-order valence-corrected chi connectivity index (χ0v) is 13.0. The largest absolute Gasteiger partial charge is 0.465 e. The second kappa shape index (κ2) is 6.37.